The molecule has 0 bridgehead atoms. The maximum atomic E-state index is 12.5. The first-order chi connectivity index (χ1) is 12.4. The number of anilines is 3. The van der Waals surface area contributed by atoms with Crippen LogP contribution < -0.4 is 10.6 Å². The summed E-state index contributed by atoms with van der Waals surface area (Å²) in [7, 11) is 0. The molecule has 0 fully saturated rings. The zero-order chi connectivity index (χ0) is 18.7. The zero-order valence-electron chi connectivity index (χ0n) is 14.2. The van der Waals surface area contributed by atoms with Crippen molar-refractivity contribution in [1.82, 2.24) is 9.97 Å². The number of carbonyl (C=O) groups is 1. The lowest BCUT2D eigenvalue weighted by molar-refractivity contribution is 0.102. The maximum absolute atomic E-state index is 12.5. The normalized spacial score (nSPS) is 10.5. The Balaban J connectivity index is 1.84. The molecule has 0 spiro atoms. The average Bonchev–Trinajstić information content (AvgIpc) is 2.55. The second-order valence-electron chi connectivity index (χ2n) is 5.77. The first-order valence-corrected chi connectivity index (χ1v) is 8.62. The highest BCUT2D eigenvalue weighted by atomic mass is 35.5. The summed E-state index contributed by atoms with van der Waals surface area (Å²) in [6, 6.07) is 14.2. The fourth-order valence-corrected chi connectivity index (χ4v) is 2.92. The number of aromatic nitrogens is 2. The Morgan fingerprint density at radius 3 is 2.35 bits per heavy atom. The van der Waals surface area contributed by atoms with E-state index in [1.54, 1.807) is 31.2 Å². The highest BCUT2D eigenvalue weighted by Crippen LogP contribution is 2.23. The van der Waals surface area contributed by atoms with Gasteiger partial charge in [0.25, 0.3) is 5.91 Å². The number of hydrogen-bond acceptors (Lipinski definition) is 4. The number of para-hydroxylation sites is 1. The Labute approximate surface area is 161 Å². The molecular formula is C19H16Cl2N4O. The maximum Gasteiger partial charge on any atom is 0.274 e. The van der Waals surface area contributed by atoms with Crippen molar-refractivity contribution in [1.29, 1.82) is 0 Å². The molecule has 3 aromatic rings. The van der Waals surface area contributed by atoms with Crippen LogP contribution in [0.25, 0.3) is 0 Å². The number of halogens is 2. The third kappa shape index (κ3) is 4.50. The molecule has 2 aromatic carbocycles. The van der Waals surface area contributed by atoms with Gasteiger partial charge in [-0.3, -0.25) is 4.79 Å². The van der Waals surface area contributed by atoms with Gasteiger partial charge in [0.2, 0.25) is 5.95 Å². The molecular weight excluding hydrogens is 371 g/mol. The van der Waals surface area contributed by atoms with Gasteiger partial charge in [0.1, 0.15) is 5.69 Å². The van der Waals surface area contributed by atoms with E-state index in [4.69, 9.17) is 23.2 Å². The van der Waals surface area contributed by atoms with Gasteiger partial charge in [0.05, 0.1) is 0 Å². The van der Waals surface area contributed by atoms with Gasteiger partial charge in [0.15, 0.2) is 0 Å². The van der Waals surface area contributed by atoms with Crippen molar-refractivity contribution in [2.45, 2.75) is 13.8 Å². The van der Waals surface area contributed by atoms with Crippen molar-refractivity contribution >= 4 is 46.4 Å². The summed E-state index contributed by atoms with van der Waals surface area (Å²) in [4.78, 5) is 21.2. The molecule has 2 N–H and O–H groups in total. The molecule has 3 rings (SSSR count). The van der Waals surface area contributed by atoms with Crippen molar-refractivity contribution in [3.63, 3.8) is 0 Å². The van der Waals surface area contributed by atoms with Crippen LogP contribution in [0.1, 0.15) is 21.7 Å². The van der Waals surface area contributed by atoms with Gasteiger partial charge in [-0.2, -0.15) is 0 Å². The summed E-state index contributed by atoms with van der Waals surface area (Å²) in [5, 5.41) is 6.77. The van der Waals surface area contributed by atoms with E-state index in [1.807, 2.05) is 31.2 Å². The molecule has 5 nitrogen and oxygen atoms in total. The van der Waals surface area contributed by atoms with Crippen molar-refractivity contribution in [2.75, 3.05) is 10.6 Å². The molecule has 1 heterocycles. The fraction of sp³-hybridized carbons (Fsp3) is 0.105. The van der Waals surface area contributed by atoms with E-state index < -0.39 is 0 Å². The average molecular weight is 387 g/mol. The van der Waals surface area contributed by atoms with Gasteiger partial charge in [-0.25, -0.2) is 9.97 Å². The molecule has 1 aromatic heterocycles. The molecule has 0 saturated carbocycles. The van der Waals surface area contributed by atoms with E-state index in [2.05, 4.69) is 20.6 Å². The Morgan fingerprint density at radius 2 is 1.65 bits per heavy atom. The zero-order valence-corrected chi connectivity index (χ0v) is 15.7. The highest BCUT2D eigenvalue weighted by molar-refractivity contribution is 6.35. The Hall–Kier alpha value is -2.63. The van der Waals surface area contributed by atoms with E-state index in [0.717, 1.165) is 11.3 Å². The predicted octanol–water partition coefficient (Wildman–Crippen LogP) is 5.40. The van der Waals surface area contributed by atoms with Crippen LogP contribution in [0.4, 0.5) is 17.3 Å². The molecule has 132 valence electrons. The van der Waals surface area contributed by atoms with Crippen LogP contribution in [0, 0.1) is 13.8 Å². The van der Waals surface area contributed by atoms with Crippen molar-refractivity contribution < 1.29 is 4.79 Å². The standard InChI is InChI=1S/C19H16Cl2N4O/c1-11-5-3-4-6-16(11)24-19-22-12(2)7-17(25-19)18(26)23-15-9-13(20)8-14(21)10-15/h3-10H,1-2H3,(H,23,26)(H,22,24,25). The molecule has 0 radical (unpaired) electrons. The summed E-state index contributed by atoms with van der Waals surface area (Å²) in [5.74, 6) is -0.0183. The molecule has 0 atom stereocenters. The largest absolute Gasteiger partial charge is 0.324 e. The van der Waals surface area contributed by atoms with Crippen LogP contribution in [0.3, 0.4) is 0 Å². The van der Waals surface area contributed by atoms with Gasteiger partial charge in [-0.15, -0.1) is 0 Å². The third-order valence-electron chi connectivity index (χ3n) is 3.60. The topological polar surface area (TPSA) is 66.9 Å². The molecule has 1 amide bonds. The Bertz CT molecular complexity index is 955. The van der Waals surface area contributed by atoms with Crippen molar-refractivity contribution in [3.8, 4) is 0 Å². The summed E-state index contributed by atoms with van der Waals surface area (Å²) >= 11 is 11.9. The molecule has 7 heteroatoms. The lowest BCUT2D eigenvalue weighted by Gasteiger charge is -2.11. The van der Waals surface area contributed by atoms with Gasteiger partial charge < -0.3 is 10.6 Å². The summed E-state index contributed by atoms with van der Waals surface area (Å²) in [6.07, 6.45) is 0. The van der Waals surface area contributed by atoms with E-state index in [-0.39, 0.29) is 11.6 Å². The van der Waals surface area contributed by atoms with Crippen molar-refractivity contribution in [3.05, 3.63) is 75.5 Å². The second-order valence-corrected chi connectivity index (χ2v) is 6.64. The van der Waals surface area contributed by atoms with E-state index >= 15 is 0 Å². The number of hydrogen-bond donors (Lipinski definition) is 2. The minimum atomic E-state index is -0.373. The van der Waals surface area contributed by atoms with Crippen LogP contribution in [0.15, 0.2) is 48.5 Å². The number of rotatable bonds is 4. The highest BCUT2D eigenvalue weighted by Gasteiger charge is 2.12. The molecule has 0 unspecified atom stereocenters. The van der Waals surface area contributed by atoms with Gasteiger partial charge in [0, 0.05) is 27.1 Å². The smallest absolute Gasteiger partial charge is 0.274 e. The number of nitrogens with zero attached hydrogens (tertiary/aromatic N) is 2. The lowest BCUT2D eigenvalue weighted by Crippen LogP contribution is -2.15. The first-order valence-electron chi connectivity index (χ1n) is 7.86. The first kappa shape index (κ1) is 18.2. The minimum absolute atomic E-state index is 0.240. The summed E-state index contributed by atoms with van der Waals surface area (Å²) in [5.41, 5.74) is 3.34. The minimum Gasteiger partial charge on any atom is -0.324 e. The number of amides is 1. The quantitative estimate of drug-likeness (QED) is 0.629. The number of aryl methyl sites for hydroxylation is 2. The van der Waals surface area contributed by atoms with Gasteiger partial charge in [-0.1, -0.05) is 41.4 Å². The second kappa shape index (κ2) is 7.72. The monoisotopic (exact) mass is 386 g/mol. The molecule has 26 heavy (non-hydrogen) atoms. The van der Waals surface area contributed by atoms with Crippen LogP contribution >= 0.6 is 23.2 Å². The number of nitrogens with one attached hydrogen (secondary N) is 2. The number of benzene rings is 2. The number of carbonyl (C=O) groups excluding carboxylic acids is 1. The van der Waals surface area contributed by atoms with Gasteiger partial charge >= 0.3 is 0 Å². The van der Waals surface area contributed by atoms with Crippen molar-refractivity contribution in [2.24, 2.45) is 0 Å². The molecule has 0 aliphatic heterocycles. The molecule has 0 aliphatic carbocycles. The van der Waals surface area contributed by atoms with E-state index in [0.29, 0.717) is 27.4 Å². The Morgan fingerprint density at radius 1 is 0.962 bits per heavy atom. The molecule has 0 aliphatic rings. The lowest BCUT2D eigenvalue weighted by atomic mass is 10.2. The SMILES string of the molecule is Cc1cc(C(=O)Nc2cc(Cl)cc(Cl)c2)nc(Nc2ccccc2C)n1. The van der Waals surface area contributed by atoms with E-state index in [1.165, 1.54) is 0 Å². The van der Waals surface area contributed by atoms with Crippen LogP contribution in [0.5, 0.6) is 0 Å². The van der Waals surface area contributed by atoms with Crippen LogP contribution in [0.2, 0.25) is 10.0 Å². The van der Waals surface area contributed by atoms with Crippen LogP contribution in [-0.2, 0) is 0 Å². The summed E-state index contributed by atoms with van der Waals surface area (Å²) in [6.45, 7) is 3.78. The Kier molecular flexibility index (Phi) is 5.40. The third-order valence-corrected chi connectivity index (χ3v) is 4.04. The van der Waals surface area contributed by atoms with Crippen LogP contribution in [-0.4, -0.2) is 15.9 Å². The molecule has 0 saturated heterocycles. The van der Waals surface area contributed by atoms with Gasteiger partial charge in [-0.05, 0) is 49.7 Å². The summed E-state index contributed by atoms with van der Waals surface area (Å²) < 4.78 is 0. The fourth-order valence-electron chi connectivity index (χ4n) is 2.40. The predicted molar refractivity (Wildman–Crippen MR) is 106 cm³/mol. The van der Waals surface area contributed by atoms with E-state index in [9.17, 15) is 4.79 Å².